The highest BCUT2D eigenvalue weighted by Gasteiger charge is 2.11. The van der Waals surface area contributed by atoms with Gasteiger partial charge in [-0.2, -0.15) is 0 Å². The molecule has 2 aromatic rings. The van der Waals surface area contributed by atoms with Gasteiger partial charge in [0.05, 0.1) is 6.42 Å². The Labute approximate surface area is 120 Å². The van der Waals surface area contributed by atoms with E-state index in [2.05, 4.69) is 51.9 Å². The Morgan fingerprint density at radius 1 is 1.37 bits per heavy atom. The van der Waals surface area contributed by atoms with Gasteiger partial charge in [-0.15, -0.1) is 0 Å². The minimum absolute atomic E-state index is 0.0757. The Balaban J connectivity index is 2.29. The summed E-state index contributed by atoms with van der Waals surface area (Å²) in [5.41, 5.74) is 4.29. The van der Waals surface area contributed by atoms with Crippen LogP contribution < -0.4 is 0 Å². The average molecular weight is 323 g/mol. The predicted molar refractivity (Wildman–Crippen MR) is 77.2 cm³/mol. The third-order valence-corrected chi connectivity index (χ3v) is 3.64. The van der Waals surface area contributed by atoms with Gasteiger partial charge in [0, 0.05) is 12.0 Å². The number of aliphatic carboxylic acids is 1. The first kappa shape index (κ1) is 13.8. The highest BCUT2D eigenvalue weighted by molar-refractivity contribution is 9.10. The van der Waals surface area contributed by atoms with Crippen LogP contribution in [0.5, 0.6) is 0 Å². The Bertz CT molecular complexity index is 620. The monoisotopic (exact) mass is 322 g/mol. The highest BCUT2D eigenvalue weighted by atomic mass is 79.9. The number of benzene rings is 1. The molecule has 0 saturated carbocycles. The zero-order valence-electron chi connectivity index (χ0n) is 10.8. The SMILES string of the molecule is Cc1ccc(-c2nc(CCC(=O)O)[nH]c2Br)cc1C. The summed E-state index contributed by atoms with van der Waals surface area (Å²) < 4.78 is 0.788. The molecule has 0 aliphatic carbocycles. The molecule has 0 aliphatic heterocycles. The Morgan fingerprint density at radius 2 is 2.11 bits per heavy atom. The number of hydrogen-bond acceptors (Lipinski definition) is 2. The number of aromatic amines is 1. The fourth-order valence-corrected chi connectivity index (χ4v) is 2.37. The van der Waals surface area contributed by atoms with E-state index < -0.39 is 5.97 Å². The summed E-state index contributed by atoms with van der Waals surface area (Å²) in [5.74, 6) is -0.136. The number of aryl methyl sites for hydroxylation is 3. The molecule has 2 N–H and O–H groups in total. The maximum absolute atomic E-state index is 10.6. The van der Waals surface area contributed by atoms with Crippen LogP contribution in [0.2, 0.25) is 0 Å². The molecule has 0 atom stereocenters. The van der Waals surface area contributed by atoms with Crippen molar-refractivity contribution in [3.63, 3.8) is 0 Å². The number of aromatic nitrogens is 2. The molecule has 2 rings (SSSR count). The van der Waals surface area contributed by atoms with Crippen LogP contribution in [0.4, 0.5) is 0 Å². The second-order valence-electron chi connectivity index (χ2n) is 4.54. The molecular weight excluding hydrogens is 308 g/mol. The first-order chi connectivity index (χ1) is 8.97. The van der Waals surface area contributed by atoms with Crippen LogP contribution in [0.3, 0.4) is 0 Å². The number of nitrogens with one attached hydrogen (secondary N) is 1. The Kier molecular flexibility index (Phi) is 4.04. The van der Waals surface area contributed by atoms with Crippen LogP contribution in [0.15, 0.2) is 22.8 Å². The molecule has 1 heterocycles. The number of imidazole rings is 1. The number of hydrogen-bond donors (Lipinski definition) is 2. The third-order valence-electron chi connectivity index (χ3n) is 3.06. The lowest BCUT2D eigenvalue weighted by Crippen LogP contribution is -1.98. The summed E-state index contributed by atoms with van der Waals surface area (Å²) in [4.78, 5) is 18.1. The molecule has 0 radical (unpaired) electrons. The zero-order valence-corrected chi connectivity index (χ0v) is 12.4. The van der Waals surface area contributed by atoms with Crippen molar-refractivity contribution in [2.24, 2.45) is 0 Å². The van der Waals surface area contributed by atoms with E-state index in [0.717, 1.165) is 15.9 Å². The van der Waals surface area contributed by atoms with Crippen molar-refractivity contribution in [3.05, 3.63) is 39.8 Å². The van der Waals surface area contributed by atoms with E-state index in [1.807, 2.05) is 6.07 Å². The average Bonchev–Trinajstić information content (AvgIpc) is 2.72. The zero-order chi connectivity index (χ0) is 14.0. The van der Waals surface area contributed by atoms with E-state index >= 15 is 0 Å². The van der Waals surface area contributed by atoms with Crippen molar-refractivity contribution in [1.82, 2.24) is 9.97 Å². The second kappa shape index (κ2) is 5.57. The molecule has 19 heavy (non-hydrogen) atoms. The molecule has 1 aromatic heterocycles. The normalized spacial score (nSPS) is 10.7. The number of carboxylic acid groups (broad SMARTS) is 1. The molecule has 5 heteroatoms. The smallest absolute Gasteiger partial charge is 0.303 e. The Hall–Kier alpha value is -1.62. The molecule has 0 amide bonds. The van der Waals surface area contributed by atoms with Crippen molar-refractivity contribution in [3.8, 4) is 11.3 Å². The molecule has 0 spiro atoms. The van der Waals surface area contributed by atoms with Crippen LogP contribution in [0, 0.1) is 13.8 Å². The first-order valence-corrected chi connectivity index (χ1v) is 6.80. The number of H-pyrrole nitrogens is 1. The fraction of sp³-hybridized carbons (Fsp3) is 0.286. The van der Waals surface area contributed by atoms with Gasteiger partial charge in [0.15, 0.2) is 0 Å². The standard InChI is InChI=1S/C14H15BrN2O2/c1-8-3-4-10(7-9(8)2)13-14(15)17-11(16-13)5-6-12(18)19/h3-4,7H,5-6H2,1-2H3,(H,16,17)(H,18,19). The van der Waals surface area contributed by atoms with Gasteiger partial charge < -0.3 is 10.1 Å². The maximum Gasteiger partial charge on any atom is 0.303 e. The molecule has 0 fully saturated rings. The molecule has 1 aromatic carbocycles. The minimum atomic E-state index is -0.819. The predicted octanol–water partition coefficient (Wildman–Crippen LogP) is 3.47. The van der Waals surface area contributed by atoms with Crippen molar-refractivity contribution >= 4 is 21.9 Å². The van der Waals surface area contributed by atoms with E-state index in [1.54, 1.807) is 0 Å². The topological polar surface area (TPSA) is 66.0 Å². The lowest BCUT2D eigenvalue weighted by molar-refractivity contribution is -0.137. The van der Waals surface area contributed by atoms with Gasteiger partial charge in [0.1, 0.15) is 16.1 Å². The molecule has 100 valence electrons. The Morgan fingerprint density at radius 3 is 2.74 bits per heavy atom. The van der Waals surface area contributed by atoms with Crippen LogP contribution in [0.1, 0.15) is 23.4 Å². The summed E-state index contributed by atoms with van der Waals surface area (Å²) >= 11 is 3.44. The fourth-order valence-electron chi connectivity index (χ4n) is 1.82. The first-order valence-electron chi connectivity index (χ1n) is 6.01. The molecule has 0 saturated heterocycles. The maximum atomic E-state index is 10.6. The molecule has 0 unspecified atom stereocenters. The lowest BCUT2D eigenvalue weighted by Gasteiger charge is -2.03. The number of carboxylic acids is 1. The summed E-state index contributed by atoms with van der Waals surface area (Å²) in [6, 6.07) is 6.16. The number of halogens is 1. The van der Waals surface area contributed by atoms with Crippen LogP contribution in [0.25, 0.3) is 11.3 Å². The van der Waals surface area contributed by atoms with Gasteiger partial charge in [-0.05, 0) is 47.0 Å². The van der Waals surface area contributed by atoms with Crippen LogP contribution >= 0.6 is 15.9 Å². The lowest BCUT2D eigenvalue weighted by atomic mass is 10.0. The quantitative estimate of drug-likeness (QED) is 0.905. The van der Waals surface area contributed by atoms with Crippen LogP contribution in [-0.4, -0.2) is 21.0 Å². The van der Waals surface area contributed by atoms with Crippen molar-refractivity contribution < 1.29 is 9.90 Å². The molecule has 0 aliphatic rings. The van der Waals surface area contributed by atoms with Crippen molar-refractivity contribution in [2.45, 2.75) is 26.7 Å². The summed E-state index contributed by atoms with van der Waals surface area (Å²) in [5, 5.41) is 8.68. The van der Waals surface area contributed by atoms with Gasteiger partial charge in [-0.25, -0.2) is 4.98 Å². The van der Waals surface area contributed by atoms with Gasteiger partial charge in [0.25, 0.3) is 0 Å². The van der Waals surface area contributed by atoms with Gasteiger partial charge >= 0.3 is 5.97 Å². The summed E-state index contributed by atoms with van der Waals surface area (Å²) in [7, 11) is 0. The molecular formula is C14H15BrN2O2. The van der Waals surface area contributed by atoms with Crippen molar-refractivity contribution in [2.75, 3.05) is 0 Å². The second-order valence-corrected chi connectivity index (χ2v) is 5.33. The molecule has 0 bridgehead atoms. The third kappa shape index (κ3) is 3.23. The largest absolute Gasteiger partial charge is 0.481 e. The van der Waals surface area contributed by atoms with Gasteiger partial charge in [-0.3, -0.25) is 4.79 Å². The van der Waals surface area contributed by atoms with Crippen LogP contribution in [-0.2, 0) is 11.2 Å². The highest BCUT2D eigenvalue weighted by Crippen LogP contribution is 2.27. The van der Waals surface area contributed by atoms with E-state index in [9.17, 15) is 4.79 Å². The van der Waals surface area contributed by atoms with E-state index in [1.165, 1.54) is 11.1 Å². The van der Waals surface area contributed by atoms with E-state index in [0.29, 0.717) is 12.2 Å². The van der Waals surface area contributed by atoms with Crippen molar-refractivity contribution in [1.29, 1.82) is 0 Å². The number of rotatable bonds is 4. The van der Waals surface area contributed by atoms with Gasteiger partial charge in [-0.1, -0.05) is 12.1 Å². The van der Waals surface area contributed by atoms with E-state index in [-0.39, 0.29) is 6.42 Å². The molecule has 4 nitrogen and oxygen atoms in total. The summed E-state index contributed by atoms with van der Waals surface area (Å²) in [6.07, 6.45) is 0.477. The summed E-state index contributed by atoms with van der Waals surface area (Å²) in [6.45, 7) is 4.13. The minimum Gasteiger partial charge on any atom is -0.481 e. The van der Waals surface area contributed by atoms with E-state index in [4.69, 9.17) is 5.11 Å². The number of carbonyl (C=O) groups is 1. The number of nitrogens with zero attached hydrogens (tertiary/aromatic N) is 1. The van der Waals surface area contributed by atoms with Gasteiger partial charge in [0.2, 0.25) is 0 Å².